The summed E-state index contributed by atoms with van der Waals surface area (Å²) in [6.45, 7) is 1.67. The van der Waals surface area contributed by atoms with Gasteiger partial charge < -0.3 is 10.2 Å². The first kappa shape index (κ1) is 19.1. The average molecular weight is 368 g/mol. The number of rotatable bonds is 8. The van der Waals surface area contributed by atoms with Gasteiger partial charge in [0.25, 0.3) is 0 Å². The van der Waals surface area contributed by atoms with Crippen molar-refractivity contribution in [3.63, 3.8) is 0 Å². The normalized spacial score (nSPS) is 16.6. The lowest BCUT2D eigenvalue weighted by Gasteiger charge is -2.16. The molecule has 1 aliphatic rings. The van der Waals surface area contributed by atoms with Crippen LogP contribution in [0.2, 0.25) is 0 Å². The molecule has 0 saturated carbocycles. The number of carbonyl (C=O) groups excluding carboxylic acids is 2. The SMILES string of the molecule is O=C(NCCc1ccc(F)cc1)C1CC(=O)N(CCCc2ccccc2)C1. The predicted molar refractivity (Wildman–Crippen MR) is 103 cm³/mol. The van der Waals surface area contributed by atoms with Gasteiger partial charge in [-0.15, -0.1) is 0 Å². The minimum absolute atomic E-state index is 0.0572. The van der Waals surface area contributed by atoms with Crippen LogP contribution < -0.4 is 5.32 Å². The Morgan fingerprint density at radius 2 is 1.74 bits per heavy atom. The highest BCUT2D eigenvalue weighted by Crippen LogP contribution is 2.18. The topological polar surface area (TPSA) is 49.4 Å². The summed E-state index contributed by atoms with van der Waals surface area (Å²) in [6, 6.07) is 16.5. The van der Waals surface area contributed by atoms with Crippen molar-refractivity contribution in [2.75, 3.05) is 19.6 Å². The lowest BCUT2D eigenvalue weighted by atomic mass is 10.1. The molecule has 1 aliphatic heterocycles. The first-order valence-electron chi connectivity index (χ1n) is 9.45. The number of aryl methyl sites for hydroxylation is 1. The minimum Gasteiger partial charge on any atom is -0.355 e. The van der Waals surface area contributed by atoms with Crippen LogP contribution in [0.1, 0.15) is 24.0 Å². The van der Waals surface area contributed by atoms with Crippen LogP contribution in [0, 0.1) is 11.7 Å². The Kier molecular flexibility index (Phi) is 6.58. The van der Waals surface area contributed by atoms with E-state index in [9.17, 15) is 14.0 Å². The molecule has 0 spiro atoms. The van der Waals surface area contributed by atoms with Crippen LogP contribution in [0.3, 0.4) is 0 Å². The molecule has 142 valence electrons. The second-order valence-electron chi connectivity index (χ2n) is 7.00. The fraction of sp³-hybridized carbons (Fsp3) is 0.364. The Bertz CT molecular complexity index is 762. The third-order valence-corrected chi connectivity index (χ3v) is 4.95. The largest absolute Gasteiger partial charge is 0.355 e. The Morgan fingerprint density at radius 1 is 1.04 bits per heavy atom. The molecule has 1 saturated heterocycles. The quantitative estimate of drug-likeness (QED) is 0.779. The molecule has 27 heavy (non-hydrogen) atoms. The van der Waals surface area contributed by atoms with Crippen LogP contribution in [-0.2, 0) is 22.4 Å². The van der Waals surface area contributed by atoms with E-state index in [-0.39, 0.29) is 30.0 Å². The first-order valence-corrected chi connectivity index (χ1v) is 9.45. The zero-order valence-electron chi connectivity index (χ0n) is 15.4. The number of amides is 2. The van der Waals surface area contributed by atoms with E-state index in [0.717, 1.165) is 18.4 Å². The second kappa shape index (κ2) is 9.31. The summed E-state index contributed by atoms with van der Waals surface area (Å²) >= 11 is 0. The molecule has 1 fully saturated rings. The van der Waals surface area contributed by atoms with Crippen LogP contribution in [0.5, 0.6) is 0 Å². The molecule has 1 unspecified atom stereocenters. The molecule has 2 amide bonds. The highest BCUT2D eigenvalue weighted by Gasteiger charge is 2.33. The first-order chi connectivity index (χ1) is 13.1. The Balaban J connectivity index is 1.38. The summed E-state index contributed by atoms with van der Waals surface area (Å²) in [5.41, 5.74) is 2.24. The monoisotopic (exact) mass is 368 g/mol. The number of hydrogen-bond acceptors (Lipinski definition) is 2. The van der Waals surface area contributed by atoms with E-state index in [0.29, 0.717) is 26.1 Å². The van der Waals surface area contributed by atoms with E-state index in [4.69, 9.17) is 0 Å². The molecule has 1 heterocycles. The van der Waals surface area contributed by atoms with Crippen molar-refractivity contribution < 1.29 is 14.0 Å². The molecular formula is C22H25FN2O2. The van der Waals surface area contributed by atoms with Crippen molar-refractivity contribution in [2.45, 2.75) is 25.7 Å². The van der Waals surface area contributed by atoms with Gasteiger partial charge in [-0.05, 0) is 42.5 Å². The van der Waals surface area contributed by atoms with E-state index in [1.165, 1.54) is 17.7 Å². The Labute approximate surface area is 159 Å². The van der Waals surface area contributed by atoms with E-state index in [1.54, 1.807) is 17.0 Å². The van der Waals surface area contributed by atoms with Crippen molar-refractivity contribution in [1.82, 2.24) is 10.2 Å². The summed E-state index contributed by atoms with van der Waals surface area (Å²) in [5, 5.41) is 2.90. The van der Waals surface area contributed by atoms with Gasteiger partial charge in [0.05, 0.1) is 5.92 Å². The number of nitrogens with zero attached hydrogens (tertiary/aromatic N) is 1. The van der Waals surface area contributed by atoms with Gasteiger partial charge in [0, 0.05) is 26.1 Å². The molecule has 0 bridgehead atoms. The summed E-state index contributed by atoms with van der Waals surface area (Å²) in [4.78, 5) is 26.3. The molecule has 0 radical (unpaired) electrons. The zero-order chi connectivity index (χ0) is 19.1. The maximum absolute atomic E-state index is 12.9. The predicted octanol–water partition coefficient (Wildman–Crippen LogP) is 2.97. The third-order valence-electron chi connectivity index (χ3n) is 4.95. The zero-order valence-corrected chi connectivity index (χ0v) is 15.4. The number of likely N-dealkylation sites (tertiary alicyclic amines) is 1. The number of hydrogen-bond donors (Lipinski definition) is 1. The highest BCUT2D eigenvalue weighted by atomic mass is 19.1. The third kappa shape index (κ3) is 5.64. The van der Waals surface area contributed by atoms with Gasteiger partial charge >= 0.3 is 0 Å². The van der Waals surface area contributed by atoms with E-state index >= 15 is 0 Å². The van der Waals surface area contributed by atoms with Gasteiger partial charge in [-0.1, -0.05) is 42.5 Å². The van der Waals surface area contributed by atoms with Crippen LogP contribution in [0.25, 0.3) is 0 Å². The second-order valence-corrected chi connectivity index (χ2v) is 7.00. The number of benzene rings is 2. The van der Waals surface area contributed by atoms with Gasteiger partial charge in [-0.3, -0.25) is 9.59 Å². The molecule has 1 atom stereocenters. The van der Waals surface area contributed by atoms with E-state index < -0.39 is 0 Å². The molecular weight excluding hydrogens is 343 g/mol. The molecule has 5 heteroatoms. The smallest absolute Gasteiger partial charge is 0.225 e. The highest BCUT2D eigenvalue weighted by molar-refractivity contribution is 5.89. The van der Waals surface area contributed by atoms with Gasteiger partial charge in [-0.25, -0.2) is 4.39 Å². The maximum atomic E-state index is 12.9. The summed E-state index contributed by atoms with van der Waals surface area (Å²) < 4.78 is 12.9. The van der Waals surface area contributed by atoms with Gasteiger partial charge in [0.15, 0.2) is 0 Å². The van der Waals surface area contributed by atoms with Crippen molar-refractivity contribution >= 4 is 11.8 Å². The fourth-order valence-electron chi connectivity index (χ4n) is 3.41. The fourth-order valence-corrected chi connectivity index (χ4v) is 3.41. The van der Waals surface area contributed by atoms with E-state index in [1.807, 2.05) is 18.2 Å². The lowest BCUT2D eigenvalue weighted by molar-refractivity contribution is -0.129. The molecule has 0 aromatic heterocycles. The Hall–Kier alpha value is -2.69. The molecule has 3 rings (SSSR count). The van der Waals surface area contributed by atoms with Crippen molar-refractivity contribution in [3.05, 3.63) is 71.5 Å². The standard InChI is InChI=1S/C22H25FN2O2/c23-20-10-8-18(9-11-20)12-13-24-22(27)19-15-21(26)25(16-19)14-4-7-17-5-2-1-3-6-17/h1-3,5-6,8-11,19H,4,7,12-16H2,(H,24,27). The van der Waals surface area contributed by atoms with Crippen LogP contribution in [0.4, 0.5) is 4.39 Å². The summed E-state index contributed by atoms with van der Waals surface area (Å²) in [5.74, 6) is -0.556. The number of halogens is 1. The summed E-state index contributed by atoms with van der Waals surface area (Å²) in [7, 11) is 0. The van der Waals surface area contributed by atoms with Crippen molar-refractivity contribution in [1.29, 1.82) is 0 Å². The molecule has 4 nitrogen and oxygen atoms in total. The lowest BCUT2D eigenvalue weighted by Crippen LogP contribution is -2.34. The van der Waals surface area contributed by atoms with Gasteiger partial charge in [0.2, 0.25) is 11.8 Å². The Morgan fingerprint density at radius 3 is 2.48 bits per heavy atom. The summed E-state index contributed by atoms with van der Waals surface area (Å²) in [6.07, 6.45) is 2.76. The van der Waals surface area contributed by atoms with Crippen LogP contribution >= 0.6 is 0 Å². The number of carbonyl (C=O) groups is 2. The minimum atomic E-state index is -0.276. The maximum Gasteiger partial charge on any atom is 0.225 e. The molecule has 2 aromatic rings. The molecule has 1 N–H and O–H groups in total. The molecule has 2 aromatic carbocycles. The average Bonchev–Trinajstić information content (AvgIpc) is 3.05. The van der Waals surface area contributed by atoms with E-state index in [2.05, 4.69) is 17.4 Å². The van der Waals surface area contributed by atoms with Crippen LogP contribution in [-0.4, -0.2) is 36.3 Å². The molecule has 0 aliphatic carbocycles. The number of nitrogens with one attached hydrogen (secondary N) is 1. The van der Waals surface area contributed by atoms with Crippen LogP contribution in [0.15, 0.2) is 54.6 Å². The van der Waals surface area contributed by atoms with Gasteiger partial charge in [0.1, 0.15) is 5.82 Å². The van der Waals surface area contributed by atoms with Crippen molar-refractivity contribution in [3.8, 4) is 0 Å². The van der Waals surface area contributed by atoms with Crippen molar-refractivity contribution in [2.24, 2.45) is 5.92 Å². The van der Waals surface area contributed by atoms with Gasteiger partial charge in [-0.2, -0.15) is 0 Å².